The van der Waals surface area contributed by atoms with E-state index in [9.17, 15) is 23.5 Å². The van der Waals surface area contributed by atoms with Crippen molar-refractivity contribution >= 4 is 11.9 Å². The second-order valence-electron chi connectivity index (χ2n) is 9.80. The van der Waals surface area contributed by atoms with Gasteiger partial charge in [-0.05, 0) is 74.8 Å². The van der Waals surface area contributed by atoms with Crippen molar-refractivity contribution in [1.29, 1.82) is 0 Å². The van der Waals surface area contributed by atoms with Gasteiger partial charge >= 0.3 is 5.97 Å². The maximum absolute atomic E-state index is 14.1. The fraction of sp³-hybridized carbons (Fsp3) is 0.297. The van der Waals surface area contributed by atoms with E-state index in [1.807, 2.05) is 12.2 Å². The van der Waals surface area contributed by atoms with Crippen molar-refractivity contribution < 1.29 is 28.2 Å². The van der Waals surface area contributed by atoms with Crippen LogP contribution >= 0.6 is 0 Å². The third-order valence-electron chi connectivity index (χ3n) is 6.25. The number of aromatic hydroxyl groups is 1. The SMILES string of the molecule is CC/C=C\C/C=C\C/C=C\C/C=C\C/C=C\C/C=C\CCC(=O)NCCOC(=O)c1cc(-c2ccc(F)cc2F)ccc1O. The molecule has 0 heterocycles. The third kappa shape index (κ3) is 15.1. The Labute approximate surface area is 260 Å². The number of carbonyl (C=O) groups is 2. The van der Waals surface area contributed by atoms with E-state index in [0.29, 0.717) is 12.8 Å². The van der Waals surface area contributed by atoms with Gasteiger partial charge in [0.15, 0.2) is 0 Å². The molecule has 0 fully saturated rings. The fourth-order valence-electron chi connectivity index (χ4n) is 3.95. The van der Waals surface area contributed by atoms with E-state index in [1.165, 1.54) is 24.3 Å². The number of hydrogen-bond donors (Lipinski definition) is 2. The number of rotatable bonds is 19. The van der Waals surface area contributed by atoms with Gasteiger partial charge in [-0.15, -0.1) is 0 Å². The average molecular weight is 604 g/mol. The molecule has 0 aliphatic carbocycles. The smallest absolute Gasteiger partial charge is 0.341 e. The molecule has 2 rings (SSSR count). The predicted molar refractivity (Wildman–Crippen MR) is 174 cm³/mol. The van der Waals surface area contributed by atoms with Crippen LogP contribution < -0.4 is 5.32 Å². The molecule has 44 heavy (non-hydrogen) atoms. The highest BCUT2D eigenvalue weighted by atomic mass is 19.1. The molecule has 0 spiro atoms. The molecular formula is C37H43F2NO4. The van der Waals surface area contributed by atoms with Gasteiger partial charge in [0.25, 0.3) is 0 Å². The summed E-state index contributed by atoms with van der Waals surface area (Å²) >= 11 is 0. The Morgan fingerprint density at radius 3 is 1.91 bits per heavy atom. The molecule has 2 N–H and O–H groups in total. The zero-order valence-electron chi connectivity index (χ0n) is 25.4. The Kier molecular flexibility index (Phi) is 17.9. The summed E-state index contributed by atoms with van der Waals surface area (Å²) in [6, 6.07) is 7.03. The minimum atomic E-state index is -0.820. The van der Waals surface area contributed by atoms with E-state index in [4.69, 9.17) is 4.74 Å². The second-order valence-corrected chi connectivity index (χ2v) is 9.80. The summed E-state index contributed by atoms with van der Waals surface area (Å²) in [5.74, 6) is -2.83. The van der Waals surface area contributed by atoms with Gasteiger partial charge in [0, 0.05) is 18.1 Å². The molecule has 0 unspecified atom stereocenters. The molecule has 5 nitrogen and oxygen atoms in total. The molecule has 0 aliphatic heterocycles. The number of allylic oxidation sites excluding steroid dienone is 12. The van der Waals surface area contributed by atoms with Crippen LogP contribution in [0, 0.1) is 11.6 Å². The Morgan fingerprint density at radius 1 is 0.773 bits per heavy atom. The lowest BCUT2D eigenvalue weighted by Crippen LogP contribution is -2.27. The number of nitrogens with one attached hydrogen (secondary N) is 1. The van der Waals surface area contributed by atoms with E-state index in [0.717, 1.165) is 50.7 Å². The van der Waals surface area contributed by atoms with E-state index >= 15 is 0 Å². The Hall–Kier alpha value is -4.52. The van der Waals surface area contributed by atoms with Gasteiger partial charge in [-0.1, -0.05) is 85.9 Å². The standard InChI is InChI=1S/C37H43F2NO4/c1-2-3-4-5-6-7-8-9-10-11-12-13-14-15-16-17-18-19-20-21-36(42)40-26-27-44-37(43)33-28-30(22-25-35(33)41)32-24-23-31(38)29-34(32)39/h3-4,6-7,9-10,12-13,15-16,18-19,22-25,28-29,41H,2,5,8,11,14,17,20-21,26-27H2,1H3,(H,40,42)/b4-3-,7-6-,10-9-,13-12-,16-15-,19-18-. The lowest BCUT2D eigenvalue weighted by atomic mass is 10.0. The van der Waals surface area contributed by atoms with Gasteiger partial charge in [0.05, 0.1) is 6.54 Å². The first-order valence-corrected chi connectivity index (χ1v) is 15.0. The van der Waals surface area contributed by atoms with Gasteiger partial charge in [-0.25, -0.2) is 13.6 Å². The largest absolute Gasteiger partial charge is 0.507 e. The summed E-state index contributed by atoms with van der Waals surface area (Å²) < 4.78 is 32.5. The zero-order chi connectivity index (χ0) is 31.8. The van der Waals surface area contributed by atoms with Crippen molar-refractivity contribution in [3.63, 3.8) is 0 Å². The summed E-state index contributed by atoms with van der Waals surface area (Å²) in [5, 5.41) is 12.7. The first-order valence-electron chi connectivity index (χ1n) is 15.0. The van der Waals surface area contributed by atoms with Crippen LogP contribution in [0.4, 0.5) is 8.78 Å². The number of ether oxygens (including phenoxy) is 1. The Balaban J connectivity index is 1.55. The molecule has 2 aromatic rings. The van der Waals surface area contributed by atoms with Crippen molar-refractivity contribution in [2.45, 2.75) is 58.3 Å². The number of phenolic OH excluding ortho intramolecular Hbond substituents is 1. The highest BCUT2D eigenvalue weighted by Gasteiger charge is 2.16. The number of hydrogen-bond acceptors (Lipinski definition) is 4. The molecule has 7 heteroatoms. The maximum Gasteiger partial charge on any atom is 0.341 e. The molecule has 0 bridgehead atoms. The Morgan fingerprint density at radius 2 is 1.34 bits per heavy atom. The van der Waals surface area contributed by atoms with Gasteiger partial charge < -0.3 is 15.2 Å². The molecule has 0 saturated heterocycles. The lowest BCUT2D eigenvalue weighted by molar-refractivity contribution is -0.121. The summed E-state index contributed by atoms with van der Waals surface area (Å²) in [4.78, 5) is 24.5. The highest BCUT2D eigenvalue weighted by molar-refractivity contribution is 5.94. The lowest BCUT2D eigenvalue weighted by Gasteiger charge is -2.10. The predicted octanol–water partition coefficient (Wildman–Crippen LogP) is 9.09. The minimum absolute atomic E-state index is 0.0830. The fourth-order valence-corrected chi connectivity index (χ4v) is 3.95. The monoisotopic (exact) mass is 603 g/mol. The molecule has 1 amide bonds. The first-order chi connectivity index (χ1) is 21.4. The average Bonchev–Trinajstić information content (AvgIpc) is 3.00. The van der Waals surface area contributed by atoms with Crippen molar-refractivity contribution in [1.82, 2.24) is 5.32 Å². The van der Waals surface area contributed by atoms with Gasteiger partial charge in [0.2, 0.25) is 5.91 Å². The van der Waals surface area contributed by atoms with Crippen LogP contribution in [0.2, 0.25) is 0 Å². The van der Waals surface area contributed by atoms with Gasteiger partial charge in [-0.2, -0.15) is 0 Å². The minimum Gasteiger partial charge on any atom is -0.507 e. The molecular weight excluding hydrogens is 560 g/mol. The number of carbonyl (C=O) groups excluding carboxylic acids is 2. The van der Waals surface area contributed by atoms with E-state index < -0.39 is 17.6 Å². The topological polar surface area (TPSA) is 75.6 Å². The summed E-state index contributed by atoms with van der Waals surface area (Å²) in [7, 11) is 0. The van der Waals surface area contributed by atoms with Crippen molar-refractivity contribution in [2.75, 3.05) is 13.2 Å². The third-order valence-corrected chi connectivity index (χ3v) is 6.25. The van der Waals surface area contributed by atoms with E-state index in [-0.39, 0.29) is 41.5 Å². The zero-order valence-corrected chi connectivity index (χ0v) is 25.4. The maximum atomic E-state index is 14.1. The van der Waals surface area contributed by atoms with Crippen LogP contribution in [0.25, 0.3) is 11.1 Å². The van der Waals surface area contributed by atoms with E-state index in [1.54, 1.807) is 0 Å². The highest BCUT2D eigenvalue weighted by Crippen LogP contribution is 2.28. The molecule has 0 aliphatic rings. The van der Waals surface area contributed by atoms with Gasteiger partial charge in [-0.3, -0.25) is 4.79 Å². The summed E-state index contributed by atoms with van der Waals surface area (Å²) in [6.07, 6.45) is 32.1. The second kappa shape index (κ2) is 22.1. The molecule has 2 aromatic carbocycles. The molecule has 0 aromatic heterocycles. The number of benzene rings is 2. The number of halogens is 2. The number of esters is 1. The molecule has 0 radical (unpaired) electrons. The van der Waals surface area contributed by atoms with Crippen molar-refractivity contribution in [3.8, 4) is 16.9 Å². The number of amides is 1. The molecule has 0 saturated carbocycles. The van der Waals surface area contributed by atoms with E-state index in [2.05, 4.69) is 73.0 Å². The number of phenols is 1. The van der Waals surface area contributed by atoms with Crippen LogP contribution in [0.3, 0.4) is 0 Å². The van der Waals surface area contributed by atoms with Crippen LogP contribution in [0.1, 0.15) is 68.6 Å². The summed E-state index contributed by atoms with van der Waals surface area (Å²) in [5.41, 5.74) is 0.213. The van der Waals surface area contributed by atoms with Gasteiger partial charge in [0.1, 0.15) is 29.6 Å². The van der Waals surface area contributed by atoms with Crippen LogP contribution in [0.5, 0.6) is 5.75 Å². The van der Waals surface area contributed by atoms with Crippen molar-refractivity contribution in [2.24, 2.45) is 0 Å². The first kappa shape index (κ1) is 35.7. The van der Waals surface area contributed by atoms with Crippen LogP contribution in [-0.4, -0.2) is 30.1 Å². The van der Waals surface area contributed by atoms with Crippen molar-refractivity contribution in [3.05, 3.63) is 127 Å². The molecule has 234 valence electrons. The van der Waals surface area contributed by atoms with Crippen LogP contribution in [-0.2, 0) is 9.53 Å². The Bertz CT molecular complexity index is 1360. The van der Waals surface area contributed by atoms with Crippen LogP contribution in [0.15, 0.2) is 109 Å². The molecule has 0 atom stereocenters. The summed E-state index contributed by atoms with van der Waals surface area (Å²) in [6.45, 7) is 2.15. The quantitative estimate of drug-likeness (QED) is 0.0954. The normalized spacial score (nSPS) is 12.2.